The van der Waals surface area contributed by atoms with Crippen molar-refractivity contribution in [1.82, 2.24) is 0 Å². The highest BCUT2D eigenvalue weighted by atomic mass is 35.5. The Hall–Kier alpha value is -0.970. The molecular weight excluding hydrogens is 255 g/mol. The molecule has 0 aromatic heterocycles. The van der Waals surface area contributed by atoms with Gasteiger partial charge in [0.1, 0.15) is 0 Å². The Balaban J connectivity index is 2.93. The van der Waals surface area contributed by atoms with Crippen molar-refractivity contribution in [1.29, 1.82) is 0 Å². The predicted molar refractivity (Wildman–Crippen MR) is 60.3 cm³/mol. The summed E-state index contributed by atoms with van der Waals surface area (Å²) in [7, 11) is 1.31. The zero-order valence-corrected chi connectivity index (χ0v) is 9.92. The van der Waals surface area contributed by atoms with Gasteiger partial charge < -0.3 is 14.9 Å². The molecule has 1 atom stereocenters. The molecule has 0 radical (unpaired) electrons. The molecule has 1 aromatic rings. The number of hydrogen-bond acceptors (Lipinski definition) is 3. The molecule has 0 aliphatic heterocycles. The van der Waals surface area contributed by atoms with E-state index in [0.717, 1.165) is 0 Å². The third-order valence-corrected chi connectivity index (χ3v) is 2.63. The fraction of sp³-hybridized carbons (Fsp3) is 0.300. The molecular formula is C10H10Cl2O4. The second-order valence-electron chi connectivity index (χ2n) is 3.17. The van der Waals surface area contributed by atoms with Gasteiger partial charge in [-0.15, -0.1) is 0 Å². The van der Waals surface area contributed by atoms with Crippen LogP contribution in [0.3, 0.4) is 0 Å². The van der Waals surface area contributed by atoms with Crippen molar-refractivity contribution < 1.29 is 19.7 Å². The van der Waals surface area contributed by atoms with Crippen LogP contribution in [0.5, 0.6) is 5.75 Å². The summed E-state index contributed by atoms with van der Waals surface area (Å²) in [5, 5.41) is 18.3. The molecule has 4 nitrogen and oxygen atoms in total. The van der Waals surface area contributed by atoms with Gasteiger partial charge in [-0.2, -0.15) is 0 Å². The quantitative estimate of drug-likeness (QED) is 0.876. The zero-order valence-electron chi connectivity index (χ0n) is 8.41. The van der Waals surface area contributed by atoms with Gasteiger partial charge in [0, 0.05) is 13.5 Å². The van der Waals surface area contributed by atoms with Crippen LogP contribution >= 0.6 is 23.2 Å². The number of methoxy groups -OCH3 is 1. The Morgan fingerprint density at radius 2 is 1.94 bits per heavy atom. The Labute approximate surface area is 102 Å². The maximum Gasteiger partial charge on any atom is 0.333 e. The number of halogens is 2. The van der Waals surface area contributed by atoms with Gasteiger partial charge in [0.05, 0.1) is 10.0 Å². The van der Waals surface area contributed by atoms with Crippen molar-refractivity contribution in [2.45, 2.75) is 12.5 Å². The molecule has 6 heteroatoms. The fourth-order valence-electron chi connectivity index (χ4n) is 1.22. The fourth-order valence-corrected chi connectivity index (χ4v) is 1.75. The number of carboxylic acid groups (broad SMARTS) is 1. The first-order valence-electron chi connectivity index (χ1n) is 4.38. The van der Waals surface area contributed by atoms with Crippen LogP contribution in [0.25, 0.3) is 0 Å². The van der Waals surface area contributed by atoms with Gasteiger partial charge in [-0.3, -0.25) is 0 Å². The molecule has 1 unspecified atom stereocenters. The Morgan fingerprint density at radius 1 is 1.44 bits per heavy atom. The van der Waals surface area contributed by atoms with E-state index in [1.165, 1.54) is 19.2 Å². The number of hydrogen-bond donors (Lipinski definition) is 2. The van der Waals surface area contributed by atoms with Crippen LogP contribution in [-0.2, 0) is 16.0 Å². The van der Waals surface area contributed by atoms with Crippen molar-refractivity contribution >= 4 is 29.2 Å². The minimum atomic E-state index is -1.07. The maximum atomic E-state index is 10.7. The van der Waals surface area contributed by atoms with Crippen molar-refractivity contribution in [2.75, 3.05) is 7.11 Å². The topological polar surface area (TPSA) is 66.8 Å². The average molecular weight is 265 g/mol. The summed E-state index contributed by atoms with van der Waals surface area (Å²) >= 11 is 11.4. The molecule has 0 aliphatic rings. The van der Waals surface area contributed by atoms with Crippen LogP contribution in [0.2, 0.25) is 10.0 Å². The van der Waals surface area contributed by atoms with Crippen molar-refractivity contribution in [3.05, 3.63) is 27.7 Å². The number of ether oxygens (including phenoxy) is 1. The summed E-state index contributed by atoms with van der Waals surface area (Å²) in [4.78, 5) is 10.7. The predicted octanol–water partition coefficient (Wildman–Crippen LogP) is 2.34. The standard InChI is InChI=1S/C10H10Cl2O4/c1-16-8(10(14)15)4-5-2-6(11)9(13)7(12)3-5/h2-3,8,13H,4H2,1H3,(H,14,15). The minimum absolute atomic E-state index is 0.0859. The molecule has 0 saturated heterocycles. The van der Waals surface area contributed by atoms with Gasteiger partial charge in [0.15, 0.2) is 11.9 Å². The van der Waals surface area contributed by atoms with E-state index in [-0.39, 0.29) is 22.2 Å². The minimum Gasteiger partial charge on any atom is -0.505 e. The number of aromatic hydroxyl groups is 1. The van der Waals surface area contributed by atoms with Gasteiger partial charge in [0.2, 0.25) is 0 Å². The summed E-state index contributed by atoms with van der Waals surface area (Å²) in [5.41, 5.74) is 0.585. The normalized spacial score (nSPS) is 12.4. The average Bonchev–Trinajstić information content (AvgIpc) is 2.21. The van der Waals surface area contributed by atoms with Crippen LogP contribution in [0.15, 0.2) is 12.1 Å². The van der Waals surface area contributed by atoms with E-state index < -0.39 is 12.1 Å². The van der Waals surface area contributed by atoms with Crippen molar-refractivity contribution in [3.8, 4) is 5.75 Å². The third-order valence-electron chi connectivity index (χ3n) is 2.06. The van der Waals surface area contributed by atoms with E-state index in [1.807, 2.05) is 0 Å². The molecule has 16 heavy (non-hydrogen) atoms. The smallest absolute Gasteiger partial charge is 0.333 e. The molecule has 0 saturated carbocycles. The summed E-state index contributed by atoms with van der Waals surface area (Å²) in [6.45, 7) is 0. The van der Waals surface area contributed by atoms with Gasteiger partial charge in [-0.05, 0) is 17.7 Å². The number of carboxylic acids is 1. The number of carbonyl (C=O) groups is 1. The van der Waals surface area contributed by atoms with Crippen LogP contribution in [0.1, 0.15) is 5.56 Å². The molecule has 1 rings (SSSR count). The number of aliphatic carboxylic acids is 1. The van der Waals surface area contributed by atoms with Gasteiger partial charge in [-0.1, -0.05) is 23.2 Å². The van der Waals surface area contributed by atoms with Gasteiger partial charge in [0.25, 0.3) is 0 Å². The number of phenols is 1. The first kappa shape index (κ1) is 13.1. The highest BCUT2D eigenvalue weighted by Crippen LogP contribution is 2.33. The highest BCUT2D eigenvalue weighted by molar-refractivity contribution is 6.37. The molecule has 0 bridgehead atoms. The molecule has 1 aromatic carbocycles. The van der Waals surface area contributed by atoms with Crippen molar-refractivity contribution in [3.63, 3.8) is 0 Å². The summed E-state index contributed by atoms with van der Waals surface area (Å²) < 4.78 is 4.78. The number of rotatable bonds is 4. The summed E-state index contributed by atoms with van der Waals surface area (Å²) in [5.74, 6) is -1.28. The lowest BCUT2D eigenvalue weighted by molar-refractivity contribution is -0.148. The van der Waals surface area contributed by atoms with Gasteiger partial charge in [-0.25, -0.2) is 4.79 Å². The summed E-state index contributed by atoms with van der Waals surface area (Å²) in [6.07, 6.45) is -0.831. The summed E-state index contributed by atoms with van der Waals surface area (Å²) in [6, 6.07) is 2.91. The van der Waals surface area contributed by atoms with E-state index in [9.17, 15) is 9.90 Å². The van der Waals surface area contributed by atoms with Crippen LogP contribution < -0.4 is 0 Å². The number of phenolic OH excluding ortho intramolecular Hbond substituents is 1. The Morgan fingerprint density at radius 3 is 2.31 bits per heavy atom. The Kier molecular flexibility index (Phi) is 4.41. The second-order valence-corrected chi connectivity index (χ2v) is 3.99. The molecule has 0 amide bonds. The molecule has 0 fully saturated rings. The molecule has 0 heterocycles. The lowest BCUT2D eigenvalue weighted by atomic mass is 10.1. The molecule has 0 aliphatic carbocycles. The maximum absolute atomic E-state index is 10.7. The van der Waals surface area contributed by atoms with Crippen molar-refractivity contribution in [2.24, 2.45) is 0 Å². The zero-order chi connectivity index (χ0) is 12.3. The second kappa shape index (κ2) is 5.39. The molecule has 2 N–H and O–H groups in total. The Bertz CT molecular complexity index is 383. The largest absolute Gasteiger partial charge is 0.505 e. The lowest BCUT2D eigenvalue weighted by Gasteiger charge is -2.11. The van der Waals surface area contributed by atoms with E-state index in [0.29, 0.717) is 5.56 Å². The first-order valence-corrected chi connectivity index (χ1v) is 5.13. The monoisotopic (exact) mass is 264 g/mol. The number of benzene rings is 1. The van der Waals surface area contributed by atoms with E-state index in [2.05, 4.69) is 0 Å². The molecule has 88 valence electrons. The van der Waals surface area contributed by atoms with E-state index >= 15 is 0 Å². The van der Waals surface area contributed by atoms with Crippen LogP contribution in [-0.4, -0.2) is 29.4 Å². The van der Waals surface area contributed by atoms with E-state index in [1.54, 1.807) is 0 Å². The first-order chi connectivity index (χ1) is 7.45. The lowest BCUT2D eigenvalue weighted by Crippen LogP contribution is -2.24. The third kappa shape index (κ3) is 3.01. The molecule has 0 spiro atoms. The highest BCUT2D eigenvalue weighted by Gasteiger charge is 2.18. The SMILES string of the molecule is COC(Cc1cc(Cl)c(O)c(Cl)c1)C(=O)O. The van der Waals surface area contributed by atoms with Gasteiger partial charge >= 0.3 is 5.97 Å². The van der Waals surface area contributed by atoms with E-state index in [4.69, 9.17) is 33.0 Å². The van der Waals surface area contributed by atoms with Crippen LogP contribution in [0, 0.1) is 0 Å². The van der Waals surface area contributed by atoms with Crippen LogP contribution in [0.4, 0.5) is 0 Å².